The topological polar surface area (TPSA) is 92.2 Å². The van der Waals surface area contributed by atoms with E-state index in [0.717, 1.165) is 0 Å². The fourth-order valence-electron chi connectivity index (χ4n) is 1.76. The summed E-state index contributed by atoms with van der Waals surface area (Å²) in [5.74, 6) is 0. The molecule has 0 amide bonds. The molecule has 3 rings (SSSR count). The van der Waals surface area contributed by atoms with Gasteiger partial charge in [-0.05, 0) is 0 Å². The molecule has 2 aromatic carbocycles. The van der Waals surface area contributed by atoms with E-state index < -0.39 is 10.2 Å². The fraction of sp³-hybridized carbons (Fsp3) is 0. The first-order valence-corrected chi connectivity index (χ1v) is 8.33. The van der Waals surface area contributed by atoms with Gasteiger partial charge in [0.2, 0.25) is 0 Å². The predicted molar refractivity (Wildman–Crippen MR) is 62.8 cm³/mol. The summed E-state index contributed by atoms with van der Waals surface area (Å²) >= 11 is 0.505. The van der Waals surface area contributed by atoms with Crippen molar-refractivity contribution in [3.8, 4) is 0 Å². The van der Waals surface area contributed by atoms with E-state index >= 15 is 0 Å². The van der Waals surface area contributed by atoms with Crippen LogP contribution in [0.25, 0.3) is 20.4 Å². The monoisotopic (exact) mass is 344 g/mol. The SMILES string of the molecule is [O-][Cl+3]([O-])([O-])[O-].c1ccc2c(c1)c[se+]c1ccccc12. The first kappa shape index (κ1) is 14.4. The predicted octanol–water partition coefficient (Wildman–Crippen LogP) is -1.42. The van der Waals surface area contributed by atoms with Crippen LogP contribution in [0.15, 0.2) is 53.5 Å². The van der Waals surface area contributed by atoms with E-state index in [-0.39, 0.29) is 0 Å². The van der Waals surface area contributed by atoms with Crippen molar-refractivity contribution in [1.82, 2.24) is 0 Å². The van der Waals surface area contributed by atoms with E-state index in [1.54, 1.807) is 0 Å². The Morgan fingerprint density at radius 2 is 1.26 bits per heavy atom. The molecule has 0 N–H and O–H groups in total. The molecule has 1 aromatic heterocycles. The van der Waals surface area contributed by atoms with E-state index in [1.165, 1.54) is 20.4 Å². The van der Waals surface area contributed by atoms with Crippen molar-refractivity contribution in [3.05, 3.63) is 53.5 Å². The molecule has 0 bridgehead atoms. The molecule has 0 aliphatic rings. The Kier molecular flexibility index (Phi) is 4.50. The van der Waals surface area contributed by atoms with Gasteiger partial charge in [0.05, 0.1) is 0 Å². The van der Waals surface area contributed by atoms with Crippen LogP contribution in [-0.4, -0.2) is 14.5 Å². The molecule has 1 heterocycles. The minimum atomic E-state index is -4.94. The average molecular weight is 344 g/mol. The van der Waals surface area contributed by atoms with Crippen LogP contribution < -0.4 is 18.6 Å². The van der Waals surface area contributed by atoms with Crippen LogP contribution in [0.3, 0.4) is 0 Å². The molecule has 3 aromatic rings. The number of fused-ring (bicyclic) bond motifs is 3. The molecule has 0 fully saturated rings. The van der Waals surface area contributed by atoms with Crippen LogP contribution in [0.4, 0.5) is 0 Å². The van der Waals surface area contributed by atoms with Gasteiger partial charge in [-0.15, -0.1) is 10.2 Å². The van der Waals surface area contributed by atoms with Crippen LogP contribution in [0.1, 0.15) is 0 Å². The van der Waals surface area contributed by atoms with E-state index in [2.05, 4.69) is 53.5 Å². The van der Waals surface area contributed by atoms with Gasteiger partial charge in [-0.2, -0.15) is 0 Å². The van der Waals surface area contributed by atoms with Gasteiger partial charge in [-0.3, -0.25) is 0 Å². The second-order valence-electron chi connectivity index (χ2n) is 3.70. The summed E-state index contributed by atoms with van der Waals surface area (Å²) in [5.41, 5.74) is 0. The van der Waals surface area contributed by atoms with Crippen LogP contribution in [-0.2, 0) is 0 Å². The first-order chi connectivity index (χ1) is 8.95. The standard InChI is InChI=1S/C13H9Se.ClHO4/c1-2-6-11-10(5-1)9-14-13-8-4-3-7-12(11)13;2-1(3,4)5/h1-9H;(H,2,3,4,5)/q+1;/p-1. The Hall–Kier alpha value is -1.04. The quantitative estimate of drug-likeness (QED) is 0.370. The molecule has 0 unspecified atom stereocenters. The Balaban J connectivity index is 0.000000232. The number of rotatable bonds is 0. The van der Waals surface area contributed by atoms with Gasteiger partial charge in [0, 0.05) is 0 Å². The van der Waals surface area contributed by atoms with Crippen molar-refractivity contribution in [2.24, 2.45) is 0 Å². The first-order valence-electron chi connectivity index (χ1n) is 5.25. The van der Waals surface area contributed by atoms with Crippen molar-refractivity contribution in [3.63, 3.8) is 0 Å². The summed E-state index contributed by atoms with van der Waals surface area (Å²) in [7, 11) is -4.94. The normalized spacial score (nSPS) is 11.2. The Morgan fingerprint density at radius 3 is 1.95 bits per heavy atom. The van der Waals surface area contributed by atoms with E-state index in [4.69, 9.17) is 18.6 Å². The Bertz CT molecular complexity index is 636. The Morgan fingerprint density at radius 1 is 0.737 bits per heavy atom. The maximum absolute atomic E-state index is 8.49. The zero-order valence-electron chi connectivity index (χ0n) is 9.62. The van der Waals surface area contributed by atoms with Gasteiger partial charge >= 0.3 is 88.4 Å². The average Bonchev–Trinajstić information content (AvgIpc) is 2.37. The maximum atomic E-state index is 8.49. The zero-order chi connectivity index (χ0) is 13.9. The summed E-state index contributed by atoms with van der Waals surface area (Å²) in [6.45, 7) is 0. The molecule has 0 spiro atoms. The third-order valence-corrected chi connectivity index (χ3v) is 4.51. The van der Waals surface area contributed by atoms with Gasteiger partial charge in [0.15, 0.2) is 0 Å². The van der Waals surface area contributed by atoms with Crippen LogP contribution >= 0.6 is 0 Å². The molecule has 6 heteroatoms. The molecular formula is C13H9ClO4Se. The number of hydrogen-bond donors (Lipinski definition) is 0. The van der Waals surface area contributed by atoms with Gasteiger partial charge in [0.1, 0.15) is 0 Å². The molecule has 0 atom stereocenters. The number of hydrogen-bond acceptors (Lipinski definition) is 4. The van der Waals surface area contributed by atoms with Crippen molar-refractivity contribution >= 4 is 34.9 Å². The summed E-state index contributed by atoms with van der Waals surface area (Å²) in [6, 6.07) is 17.3. The van der Waals surface area contributed by atoms with E-state index in [9.17, 15) is 0 Å². The van der Waals surface area contributed by atoms with Crippen molar-refractivity contribution < 1.29 is 28.9 Å². The van der Waals surface area contributed by atoms with Crippen LogP contribution in [0.2, 0.25) is 0 Å². The molecule has 0 aliphatic heterocycles. The number of benzene rings is 2. The molecule has 4 nitrogen and oxygen atoms in total. The summed E-state index contributed by atoms with van der Waals surface area (Å²) in [5, 5.41) is 4.20. The molecule has 0 saturated carbocycles. The summed E-state index contributed by atoms with van der Waals surface area (Å²) in [6.07, 6.45) is 0. The van der Waals surface area contributed by atoms with E-state index in [0.29, 0.717) is 14.5 Å². The van der Waals surface area contributed by atoms with Crippen molar-refractivity contribution in [1.29, 1.82) is 0 Å². The third kappa shape index (κ3) is 4.23. The van der Waals surface area contributed by atoms with Gasteiger partial charge in [-0.1, -0.05) is 0 Å². The van der Waals surface area contributed by atoms with Crippen molar-refractivity contribution in [2.75, 3.05) is 0 Å². The minimum absolute atomic E-state index is 0.505. The van der Waals surface area contributed by atoms with Gasteiger partial charge in [0.25, 0.3) is 0 Å². The summed E-state index contributed by atoms with van der Waals surface area (Å²) < 4.78 is 35.5. The molecule has 0 saturated heterocycles. The van der Waals surface area contributed by atoms with Gasteiger partial charge < -0.3 is 0 Å². The second-order valence-corrected chi connectivity index (χ2v) is 6.36. The zero-order valence-corrected chi connectivity index (χ0v) is 12.1. The van der Waals surface area contributed by atoms with Crippen molar-refractivity contribution in [2.45, 2.75) is 0 Å². The van der Waals surface area contributed by atoms with Crippen LogP contribution in [0.5, 0.6) is 0 Å². The third-order valence-electron chi connectivity index (χ3n) is 2.45. The van der Waals surface area contributed by atoms with E-state index in [1.807, 2.05) is 0 Å². The Labute approximate surface area is 117 Å². The molecular weight excluding hydrogens is 335 g/mol. The molecule has 0 radical (unpaired) electrons. The molecule has 19 heavy (non-hydrogen) atoms. The van der Waals surface area contributed by atoms with Gasteiger partial charge in [-0.25, -0.2) is 18.6 Å². The molecule has 0 aliphatic carbocycles. The second kappa shape index (κ2) is 5.94. The number of halogens is 1. The summed E-state index contributed by atoms with van der Waals surface area (Å²) in [4.78, 5) is 2.37. The molecule has 98 valence electrons. The van der Waals surface area contributed by atoms with Crippen LogP contribution in [0, 0.1) is 10.2 Å². The fourth-order valence-corrected chi connectivity index (χ4v) is 3.70.